The van der Waals surface area contributed by atoms with Crippen molar-refractivity contribution in [1.29, 1.82) is 0 Å². The van der Waals surface area contributed by atoms with Crippen molar-refractivity contribution < 1.29 is 14.6 Å². The van der Waals surface area contributed by atoms with Gasteiger partial charge in [-0.3, -0.25) is 14.8 Å². The number of amides is 1. The SMILES string of the molecule is NC(=O)C1CCN(CCOc2ccc(-c3[nH]ncc3-c3ccc(Cl)cc3)c(O)c2)CC1. The second-order valence-corrected chi connectivity index (χ2v) is 8.15. The summed E-state index contributed by atoms with van der Waals surface area (Å²) < 4.78 is 5.83. The van der Waals surface area contributed by atoms with Crippen molar-refractivity contribution in [2.75, 3.05) is 26.2 Å². The van der Waals surface area contributed by atoms with Crippen molar-refractivity contribution >= 4 is 17.5 Å². The lowest BCUT2D eigenvalue weighted by molar-refractivity contribution is -0.123. The molecule has 0 atom stereocenters. The molecule has 0 unspecified atom stereocenters. The van der Waals surface area contributed by atoms with Crippen LogP contribution in [-0.2, 0) is 4.79 Å². The highest BCUT2D eigenvalue weighted by Crippen LogP contribution is 2.37. The molecule has 162 valence electrons. The van der Waals surface area contributed by atoms with E-state index in [9.17, 15) is 9.90 Å². The van der Waals surface area contributed by atoms with Gasteiger partial charge in [-0.15, -0.1) is 0 Å². The summed E-state index contributed by atoms with van der Waals surface area (Å²) in [5.41, 5.74) is 8.58. The monoisotopic (exact) mass is 440 g/mol. The van der Waals surface area contributed by atoms with Crippen molar-refractivity contribution in [3.63, 3.8) is 0 Å². The van der Waals surface area contributed by atoms with E-state index < -0.39 is 0 Å². The minimum absolute atomic E-state index is 0.0121. The number of aromatic nitrogens is 2. The molecule has 4 rings (SSSR count). The summed E-state index contributed by atoms with van der Waals surface area (Å²) in [6, 6.07) is 12.7. The van der Waals surface area contributed by atoms with Crippen LogP contribution in [0.4, 0.5) is 0 Å². The van der Waals surface area contributed by atoms with Crippen LogP contribution in [0.25, 0.3) is 22.4 Å². The molecule has 0 bridgehead atoms. The van der Waals surface area contributed by atoms with Crippen LogP contribution < -0.4 is 10.5 Å². The number of aromatic amines is 1. The Balaban J connectivity index is 1.38. The number of carbonyl (C=O) groups excluding carboxylic acids is 1. The molecule has 3 aromatic rings. The Morgan fingerprint density at radius 3 is 2.61 bits per heavy atom. The van der Waals surface area contributed by atoms with Crippen molar-refractivity contribution in [3.8, 4) is 33.9 Å². The lowest BCUT2D eigenvalue weighted by Gasteiger charge is -2.30. The van der Waals surface area contributed by atoms with Crippen LogP contribution in [0.15, 0.2) is 48.7 Å². The molecular formula is C23H25ClN4O3. The first kappa shape index (κ1) is 21.2. The van der Waals surface area contributed by atoms with Gasteiger partial charge in [0, 0.05) is 34.7 Å². The average Bonchev–Trinajstić information content (AvgIpc) is 3.24. The van der Waals surface area contributed by atoms with Gasteiger partial charge in [0.2, 0.25) is 5.91 Å². The number of carbonyl (C=O) groups is 1. The van der Waals surface area contributed by atoms with Crippen LogP contribution in [0.2, 0.25) is 5.02 Å². The molecule has 7 nitrogen and oxygen atoms in total. The van der Waals surface area contributed by atoms with Crippen LogP contribution in [-0.4, -0.2) is 52.4 Å². The Bertz CT molecular complexity index is 1040. The van der Waals surface area contributed by atoms with Crippen LogP contribution in [0, 0.1) is 5.92 Å². The number of hydrogen-bond donors (Lipinski definition) is 3. The van der Waals surface area contributed by atoms with Gasteiger partial charge in [-0.1, -0.05) is 23.7 Å². The quantitative estimate of drug-likeness (QED) is 0.519. The Hall–Kier alpha value is -3.03. The number of H-pyrrole nitrogens is 1. The predicted octanol–water partition coefficient (Wildman–Crippen LogP) is 3.68. The number of halogens is 1. The van der Waals surface area contributed by atoms with Gasteiger partial charge in [0.15, 0.2) is 0 Å². The number of phenols is 1. The summed E-state index contributed by atoms with van der Waals surface area (Å²) in [6.07, 6.45) is 3.32. The Morgan fingerprint density at radius 1 is 1.19 bits per heavy atom. The summed E-state index contributed by atoms with van der Waals surface area (Å²) in [5, 5.41) is 18.4. The minimum Gasteiger partial charge on any atom is -0.507 e. The number of aromatic hydroxyl groups is 1. The highest BCUT2D eigenvalue weighted by molar-refractivity contribution is 6.30. The fourth-order valence-corrected chi connectivity index (χ4v) is 4.01. The molecule has 0 spiro atoms. The molecule has 1 fully saturated rings. The standard InChI is InChI=1S/C23H25ClN4O3/c24-17-3-1-15(2-4-17)20-14-26-27-22(20)19-6-5-18(13-21(19)29)31-12-11-28-9-7-16(8-10-28)23(25)30/h1-6,13-14,16,29H,7-12H2,(H2,25,30)(H,26,27). The molecule has 1 aliphatic heterocycles. The number of primary amides is 1. The maximum Gasteiger partial charge on any atom is 0.220 e. The van der Waals surface area contributed by atoms with Crippen molar-refractivity contribution in [3.05, 3.63) is 53.7 Å². The highest BCUT2D eigenvalue weighted by Gasteiger charge is 2.22. The number of piperidine rings is 1. The van der Waals surface area contributed by atoms with Gasteiger partial charge in [0.25, 0.3) is 0 Å². The van der Waals surface area contributed by atoms with E-state index >= 15 is 0 Å². The van der Waals surface area contributed by atoms with Crippen molar-refractivity contribution in [2.45, 2.75) is 12.8 Å². The number of nitrogens with two attached hydrogens (primary N) is 1. The zero-order valence-corrected chi connectivity index (χ0v) is 17.8. The lowest BCUT2D eigenvalue weighted by atomic mass is 9.96. The van der Waals surface area contributed by atoms with Gasteiger partial charge >= 0.3 is 0 Å². The first-order chi connectivity index (χ1) is 15.0. The number of ether oxygens (including phenoxy) is 1. The normalized spacial score (nSPS) is 15.1. The first-order valence-corrected chi connectivity index (χ1v) is 10.7. The van der Waals surface area contributed by atoms with Crippen molar-refractivity contribution in [2.24, 2.45) is 11.7 Å². The second-order valence-electron chi connectivity index (χ2n) is 7.71. The number of hydrogen-bond acceptors (Lipinski definition) is 5. The lowest BCUT2D eigenvalue weighted by Crippen LogP contribution is -2.40. The van der Waals surface area contributed by atoms with E-state index in [1.165, 1.54) is 0 Å². The summed E-state index contributed by atoms with van der Waals surface area (Å²) in [6.45, 7) is 2.94. The third kappa shape index (κ3) is 5.00. The fourth-order valence-electron chi connectivity index (χ4n) is 3.89. The zero-order valence-electron chi connectivity index (χ0n) is 17.1. The maximum absolute atomic E-state index is 11.3. The molecule has 0 aliphatic carbocycles. The van der Waals surface area contributed by atoms with E-state index in [0.717, 1.165) is 49.3 Å². The molecule has 1 amide bonds. The number of benzene rings is 2. The minimum atomic E-state index is -0.206. The number of rotatable bonds is 7. The maximum atomic E-state index is 11.3. The van der Waals surface area contributed by atoms with Gasteiger partial charge in [-0.2, -0.15) is 5.10 Å². The molecule has 2 aromatic carbocycles. The molecule has 1 aliphatic rings. The Kier molecular flexibility index (Phi) is 6.44. The number of likely N-dealkylation sites (tertiary alicyclic amines) is 1. The van der Waals surface area contributed by atoms with E-state index in [1.807, 2.05) is 36.4 Å². The van der Waals surface area contributed by atoms with Crippen LogP contribution in [0.1, 0.15) is 12.8 Å². The van der Waals surface area contributed by atoms with Gasteiger partial charge in [-0.05, 0) is 55.8 Å². The number of nitrogens with one attached hydrogen (secondary N) is 1. The molecule has 1 aromatic heterocycles. The highest BCUT2D eigenvalue weighted by atomic mass is 35.5. The molecule has 0 radical (unpaired) electrons. The second kappa shape index (κ2) is 9.41. The molecule has 4 N–H and O–H groups in total. The van der Waals surface area contributed by atoms with E-state index in [2.05, 4.69) is 15.1 Å². The van der Waals surface area contributed by atoms with Crippen LogP contribution >= 0.6 is 11.6 Å². The average molecular weight is 441 g/mol. The Labute approximate surface area is 185 Å². The molecular weight excluding hydrogens is 416 g/mol. The van der Waals surface area contributed by atoms with Gasteiger partial charge < -0.3 is 15.6 Å². The third-order valence-electron chi connectivity index (χ3n) is 5.70. The largest absolute Gasteiger partial charge is 0.507 e. The van der Waals surface area contributed by atoms with Gasteiger partial charge in [-0.25, -0.2) is 0 Å². The summed E-state index contributed by atoms with van der Waals surface area (Å²) >= 11 is 5.98. The summed E-state index contributed by atoms with van der Waals surface area (Å²) in [7, 11) is 0. The molecule has 1 saturated heterocycles. The smallest absolute Gasteiger partial charge is 0.220 e. The van der Waals surface area contributed by atoms with E-state index in [1.54, 1.807) is 12.3 Å². The van der Waals surface area contributed by atoms with E-state index in [0.29, 0.717) is 22.9 Å². The van der Waals surface area contributed by atoms with Crippen LogP contribution in [0.5, 0.6) is 11.5 Å². The van der Waals surface area contributed by atoms with Gasteiger partial charge in [0.05, 0.1) is 11.9 Å². The topological polar surface area (TPSA) is 104 Å². The Morgan fingerprint density at radius 2 is 1.94 bits per heavy atom. The molecule has 0 saturated carbocycles. The number of phenolic OH excluding ortho intramolecular Hbond substituents is 1. The van der Waals surface area contributed by atoms with Crippen LogP contribution in [0.3, 0.4) is 0 Å². The molecule has 8 heteroatoms. The summed E-state index contributed by atoms with van der Waals surface area (Å²) in [4.78, 5) is 13.5. The van der Waals surface area contributed by atoms with E-state index in [-0.39, 0.29) is 17.6 Å². The predicted molar refractivity (Wildman–Crippen MR) is 120 cm³/mol. The molecule has 2 heterocycles. The zero-order chi connectivity index (χ0) is 21.8. The summed E-state index contributed by atoms with van der Waals surface area (Å²) in [5.74, 6) is 0.491. The molecule has 31 heavy (non-hydrogen) atoms. The van der Waals surface area contributed by atoms with Gasteiger partial charge in [0.1, 0.15) is 18.1 Å². The van der Waals surface area contributed by atoms with E-state index in [4.69, 9.17) is 22.1 Å². The fraction of sp³-hybridized carbons (Fsp3) is 0.304. The first-order valence-electron chi connectivity index (χ1n) is 10.3. The third-order valence-corrected chi connectivity index (χ3v) is 5.95. The number of nitrogens with zero attached hydrogens (tertiary/aromatic N) is 2. The van der Waals surface area contributed by atoms with Crippen molar-refractivity contribution in [1.82, 2.24) is 15.1 Å².